The van der Waals surface area contributed by atoms with Gasteiger partial charge in [0.05, 0.1) is 13.5 Å². The van der Waals surface area contributed by atoms with Gasteiger partial charge in [-0.15, -0.1) is 23.1 Å². The van der Waals surface area contributed by atoms with Crippen molar-refractivity contribution in [2.45, 2.75) is 37.6 Å². The Hall–Kier alpha value is -1.99. The third-order valence-corrected chi connectivity index (χ3v) is 6.94. The molecule has 0 unspecified atom stereocenters. The summed E-state index contributed by atoms with van der Waals surface area (Å²) in [6, 6.07) is 3.88. The van der Waals surface area contributed by atoms with Gasteiger partial charge in [-0.1, -0.05) is 6.92 Å². The maximum Gasteiger partial charge on any atom is 0.306 e. The van der Waals surface area contributed by atoms with Crippen molar-refractivity contribution in [2.75, 3.05) is 12.9 Å². The standard InChI is InChI=1S/C20H21N3O2S2/c1-12-5-6-14-15(10-12)27-20-17(14)19(26-9-7-16(24)25-2)22-18(23-20)13-4-3-8-21-11-13/h3-4,8,11-12H,5-7,9-10H2,1-2H3/t12-/m1/s1. The Morgan fingerprint density at radius 1 is 1.41 bits per heavy atom. The van der Waals surface area contributed by atoms with Gasteiger partial charge < -0.3 is 4.74 Å². The minimum Gasteiger partial charge on any atom is -0.469 e. The van der Waals surface area contributed by atoms with E-state index in [0.717, 1.165) is 28.3 Å². The number of methoxy groups -OCH3 is 1. The summed E-state index contributed by atoms with van der Waals surface area (Å²) in [5, 5.41) is 2.15. The fourth-order valence-electron chi connectivity index (χ4n) is 3.37. The lowest BCUT2D eigenvalue weighted by atomic mass is 9.89. The Labute approximate surface area is 166 Å². The van der Waals surface area contributed by atoms with Crippen LogP contribution in [-0.2, 0) is 22.4 Å². The van der Waals surface area contributed by atoms with Gasteiger partial charge in [0.2, 0.25) is 0 Å². The first-order valence-corrected chi connectivity index (χ1v) is 10.9. The number of carbonyl (C=O) groups excluding carboxylic acids is 1. The maximum atomic E-state index is 11.5. The Bertz CT molecular complexity index is 972. The molecule has 0 bridgehead atoms. The van der Waals surface area contributed by atoms with Crippen LogP contribution in [0.2, 0.25) is 0 Å². The highest BCUT2D eigenvalue weighted by atomic mass is 32.2. The molecule has 0 aliphatic heterocycles. The molecule has 7 heteroatoms. The van der Waals surface area contributed by atoms with Gasteiger partial charge in [0.1, 0.15) is 9.86 Å². The zero-order chi connectivity index (χ0) is 18.8. The summed E-state index contributed by atoms with van der Waals surface area (Å²) in [5.41, 5.74) is 2.32. The molecule has 0 saturated heterocycles. The van der Waals surface area contributed by atoms with Gasteiger partial charge in [-0.25, -0.2) is 9.97 Å². The highest BCUT2D eigenvalue weighted by Crippen LogP contribution is 2.41. The number of carbonyl (C=O) groups is 1. The number of pyridine rings is 1. The van der Waals surface area contributed by atoms with Crippen LogP contribution >= 0.6 is 23.1 Å². The minimum atomic E-state index is -0.193. The summed E-state index contributed by atoms with van der Waals surface area (Å²) >= 11 is 3.41. The number of esters is 1. The number of fused-ring (bicyclic) bond motifs is 3. The summed E-state index contributed by atoms with van der Waals surface area (Å²) in [6.45, 7) is 2.31. The van der Waals surface area contributed by atoms with Crippen LogP contribution in [0.4, 0.5) is 0 Å². The number of aryl methyl sites for hydroxylation is 1. The topological polar surface area (TPSA) is 65.0 Å². The molecule has 1 atom stereocenters. The minimum absolute atomic E-state index is 0.193. The first kappa shape index (κ1) is 18.4. The van der Waals surface area contributed by atoms with Crippen molar-refractivity contribution in [3.63, 3.8) is 0 Å². The van der Waals surface area contributed by atoms with Crippen molar-refractivity contribution >= 4 is 39.3 Å². The monoisotopic (exact) mass is 399 g/mol. The summed E-state index contributed by atoms with van der Waals surface area (Å²) < 4.78 is 4.76. The maximum absolute atomic E-state index is 11.5. The van der Waals surface area contributed by atoms with Crippen LogP contribution in [0.1, 0.15) is 30.2 Å². The fourth-order valence-corrected chi connectivity index (χ4v) is 5.80. The van der Waals surface area contributed by atoms with Crippen LogP contribution in [0.5, 0.6) is 0 Å². The lowest BCUT2D eigenvalue weighted by molar-refractivity contribution is -0.140. The first-order chi connectivity index (χ1) is 13.2. The number of rotatable bonds is 5. The van der Waals surface area contributed by atoms with Gasteiger partial charge >= 0.3 is 5.97 Å². The molecule has 4 rings (SSSR count). The van der Waals surface area contributed by atoms with Crippen LogP contribution in [0.3, 0.4) is 0 Å². The van der Waals surface area contributed by atoms with Gasteiger partial charge in [0, 0.05) is 34.0 Å². The second-order valence-corrected chi connectivity index (χ2v) is 8.97. The number of hydrogen-bond acceptors (Lipinski definition) is 7. The molecule has 3 aromatic rings. The van der Waals surface area contributed by atoms with E-state index in [2.05, 4.69) is 11.9 Å². The van der Waals surface area contributed by atoms with Gasteiger partial charge in [-0.2, -0.15) is 0 Å². The van der Waals surface area contributed by atoms with E-state index in [-0.39, 0.29) is 5.97 Å². The fraction of sp³-hybridized carbons (Fsp3) is 0.400. The van der Waals surface area contributed by atoms with E-state index < -0.39 is 0 Å². The van der Waals surface area contributed by atoms with E-state index in [9.17, 15) is 4.79 Å². The van der Waals surface area contributed by atoms with Crippen LogP contribution < -0.4 is 0 Å². The van der Waals surface area contributed by atoms with Crippen LogP contribution in [0.15, 0.2) is 29.6 Å². The molecule has 140 valence electrons. The summed E-state index contributed by atoms with van der Waals surface area (Å²) in [6.07, 6.45) is 7.31. The Balaban J connectivity index is 1.77. The molecule has 0 radical (unpaired) electrons. The van der Waals surface area contributed by atoms with Gasteiger partial charge in [-0.05, 0) is 42.9 Å². The molecule has 3 heterocycles. The van der Waals surface area contributed by atoms with Gasteiger partial charge in [0.25, 0.3) is 0 Å². The molecule has 0 aromatic carbocycles. The highest BCUT2D eigenvalue weighted by Gasteiger charge is 2.24. The van der Waals surface area contributed by atoms with Crippen molar-refractivity contribution in [2.24, 2.45) is 5.92 Å². The number of hydrogen-bond donors (Lipinski definition) is 0. The van der Waals surface area contributed by atoms with Crippen LogP contribution in [-0.4, -0.2) is 33.8 Å². The average molecular weight is 400 g/mol. The van der Waals surface area contributed by atoms with Crippen molar-refractivity contribution in [3.8, 4) is 11.4 Å². The molecule has 1 aliphatic carbocycles. The molecule has 0 fully saturated rings. The number of thioether (sulfide) groups is 1. The number of aromatic nitrogens is 3. The zero-order valence-corrected chi connectivity index (χ0v) is 17.0. The molecule has 0 spiro atoms. The number of nitrogens with zero attached hydrogens (tertiary/aromatic N) is 3. The Morgan fingerprint density at radius 2 is 2.30 bits per heavy atom. The first-order valence-electron chi connectivity index (χ1n) is 9.08. The second kappa shape index (κ2) is 7.94. The zero-order valence-electron chi connectivity index (χ0n) is 15.4. The highest BCUT2D eigenvalue weighted by molar-refractivity contribution is 7.99. The van der Waals surface area contributed by atoms with Crippen molar-refractivity contribution < 1.29 is 9.53 Å². The smallest absolute Gasteiger partial charge is 0.306 e. The van der Waals surface area contributed by atoms with E-state index in [1.54, 1.807) is 35.5 Å². The van der Waals surface area contributed by atoms with Crippen molar-refractivity contribution in [1.82, 2.24) is 15.0 Å². The third-order valence-electron chi connectivity index (χ3n) is 4.81. The largest absolute Gasteiger partial charge is 0.469 e. The molecule has 5 nitrogen and oxygen atoms in total. The van der Waals surface area contributed by atoms with Crippen LogP contribution in [0, 0.1) is 5.92 Å². The average Bonchev–Trinajstić information content (AvgIpc) is 3.05. The molecule has 27 heavy (non-hydrogen) atoms. The van der Waals surface area contributed by atoms with E-state index in [1.807, 2.05) is 12.1 Å². The van der Waals surface area contributed by atoms with E-state index >= 15 is 0 Å². The second-order valence-electron chi connectivity index (χ2n) is 6.80. The van der Waals surface area contributed by atoms with Crippen molar-refractivity contribution in [1.29, 1.82) is 0 Å². The van der Waals surface area contributed by atoms with Crippen LogP contribution in [0.25, 0.3) is 21.6 Å². The molecular formula is C20H21N3O2S2. The lowest BCUT2D eigenvalue weighted by Crippen LogP contribution is -2.09. The Morgan fingerprint density at radius 3 is 3.07 bits per heavy atom. The molecule has 1 aliphatic rings. The van der Waals surface area contributed by atoms with Crippen molar-refractivity contribution in [3.05, 3.63) is 35.0 Å². The molecule has 0 saturated carbocycles. The van der Waals surface area contributed by atoms with E-state index in [1.165, 1.54) is 29.4 Å². The summed E-state index contributed by atoms with van der Waals surface area (Å²) in [5.74, 6) is 1.86. The molecule has 0 N–H and O–H groups in total. The molecule has 0 amide bonds. The lowest BCUT2D eigenvalue weighted by Gasteiger charge is -2.18. The normalized spacial score (nSPS) is 16.3. The SMILES string of the molecule is COC(=O)CCSc1nc(-c2cccnc2)nc2sc3c(c12)CC[C@@H](C)C3. The van der Waals surface area contributed by atoms with Gasteiger partial charge in [-0.3, -0.25) is 9.78 Å². The van der Waals surface area contributed by atoms with Gasteiger partial charge in [0.15, 0.2) is 5.82 Å². The summed E-state index contributed by atoms with van der Waals surface area (Å²) in [7, 11) is 1.42. The predicted octanol–water partition coefficient (Wildman–Crippen LogP) is 4.53. The molecule has 3 aromatic heterocycles. The molecular weight excluding hydrogens is 378 g/mol. The quantitative estimate of drug-likeness (QED) is 0.357. The third kappa shape index (κ3) is 3.84. The predicted molar refractivity (Wildman–Crippen MR) is 109 cm³/mol. The Kier molecular flexibility index (Phi) is 5.41. The number of thiophene rings is 1. The van der Waals surface area contributed by atoms with E-state index in [4.69, 9.17) is 14.7 Å². The summed E-state index contributed by atoms with van der Waals surface area (Å²) in [4.78, 5) is 27.9. The number of ether oxygens (including phenoxy) is 1. The van der Waals surface area contributed by atoms with E-state index in [0.29, 0.717) is 23.9 Å².